The molecule has 0 aromatic heterocycles. The van der Waals surface area contributed by atoms with Crippen LogP contribution in [0.4, 0.5) is 5.69 Å². The number of benzene rings is 1. The van der Waals surface area contributed by atoms with E-state index in [0.29, 0.717) is 17.3 Å². The topological polar surface area (TPSA) is 71.0 Å². The Morgan fingerprint density at radius 1 is 1.39 bits per heavy atom. The lowest BCUT2D eigenvalue weighted by molar-refractivity contribution is -0.117. The van der Waals surface area contributed by atoms with E-state index in [1.54, 1.807) is 31.4 Å². The fraction of sp³-hybridized carbons (Fsp3) is 0.250. The molecule has 18 heavy (non-hydrogen) atoms. The number of amides is 2. The quantitative estimate of drug-likeness (QED) is 0.843. The molecule has 0 unspecified atom stereocenters. The minimum Gasteiger partial charge on any atom is -0.497 e. The first-order valence-electron chi connectivity index (χ1n) is 5.42. The number of carbonyl (C=O) groups excluding carboxylic acids is 2. The van der Waals surface area contributed by atoms with Crippen molar-refractivity contribution in [1.82, 2.24) is 5.32 Å². The number of carbonyl (C=O) groups is 2. The van der Waals surface area contributed by atoms with Gasteiger partial charge in [0.25, 0.3) is 5.91 Å². The lowest BCUT2D eigenvalue weighted by Crippen LogP contribution is -2.27. The fourth-order valence-corrected chi connectivity index (χ4v) is 1.63. The number of hydrogen-bond acceptors (Lipinski definition) is 4. The van der Waals surface area contributed by atoms with Crippen LogP contribution >= 0.6 is 0 Å². The number of methoxy groups -OCH3 is 1. The number of ether oxygens (including phenoxy) is 1. The van der Waals surface area contributed by atoms with Crippen molar-refractivity contribution in [2.45, 2.75) is 13.3 Å². The van der Waals surface area contributed by atoms with Gasteiger partial charge in [0.2, 0.25) is 5.91 Å². The van der Waals surface area contributed by atoms with Gasteiger partial charge in [0.1, 0.15) is 11.6 Å². The summed E-state index contributed by atoms with van der Waals surface area (Å²) in [6, 6.07) is 6.96. The fourth-order valence-electron chi connectivity index (χ4n) is 1.63. The van der Waals surface area contributed by atoms with E-state index in [9.17, 15) is 9.59 Å². The molecular formula is C12H13N3O3. The molecule has 6 nitrogen and oxygen atoms in total. The summed E-state index contributed by atoms with van der Waals surface area (Å²) in [5.74, 6) is 0.654. The van der Waals surface area contributed by atoms with Crippen molar-refractivity contribution in [3.05, 3.63) is 24.3 Å². The van der Waals surface area contributed by atoms with Crippen LogP contribution in [0, 0.1) is 0 Å². The summed E-state index contributed by atoms with van der Waals surface area (Å²) in [5, 5.41) is 7.85. The Morgan fingerprint density at radius 2 is 2.06 bits per heavy atom. The van der Waals surface area contributed by atoms with Crippen LogP contribution in [0.5, 0.6) is 5.75 Å². The highest BCUT2D eigenvalue weighted by molar-refractivity contribution is 6.15. The molecule has 1 aromatic carbocycles. The predicted molar refractivity (Wildman–Crippen MR) is 66.3 cm³/mol. The second kappa shape index (κ2) is 4.87. The van der Waals surface area contributed by atoms with Gasteiger partial charge in [-0.1, -0.05) is 0 Å². The van der Waals surface area contributed by atoms with E-state index in [4.69, 9.17) is 4.74 Å². The molecule has 2 rings (SSSR count). The Kier molecular flexibility index (Phi) is 3.27. The van der Waals surface area contributed by atoms with Gasteiger partial charge in [0.05, 0.1) is 19.2 Å². The molecule has 0 aliphatic carbocycles. The third-order valence-electron chi connectivity index (χ3n) is 2.41. The predicted octanol–water partition coefficient (Wildman–Crippen LogP) is 0.881. The van der Waals surface area contributed by atoms with Crippen molar-refractivity contribution in [3.63, 3.8) is 0 Å². The molecular weight excluding hydrogens is 234 g/mol. The summed E-state index contributed by atoms with van der Waals surface area (Å²) < 4.78 is 5.04. The van der Waals surface area contributed by atoms with Gasteiger partial charge in [-0.25, -0.2) is 0 Å². The zero-order valence-corrected chi connectivity index (χ0v) is 10.1. The lowest BCUT2D eigenvalue weighted by Gasteiger charge is -2.11. The molecule has 2 amide bonds. The van der Waals surface area contributed by atoms with Crippen molar-refractivity contribution in [3.8, 4) is 5.75 Å². The van der Waals surface area contributed by atoms with Crippen molar-refractivity contribution < 1.29 is 14.3 Å². The van der Waals surface area contributed by atoms with Crippen molar-refractivity contribution in [2.75, 3.05) is 12.1 Å². The number of hydrogen-bond donors (Lipinski definition) is 1. The van der Waals surface area contributed by atoms with Crippen molar-refractivity contribution in [2.24, 2.45) is 5.10 Å². The standard InChI is InChI=1S/C12H13N3O3/c1-8(16)13-11-7-12(17)15(14-11)9-3-5-10(18-2)6-4-9/h3-6H,7H2,1-2H3,(H,13,14,16). The van der Waals surface area contributed by atoms with Crippen LogP contribution in [-0.2, 0) is 9.59 Å². The minimum absolute atomic E-state index is 0.103. The first kappa shape index (κ1) is 12.1. The SMILES string of the molecule is COc1ccc(N2N=C(NC(C)=O)CC2=O)cc1. The molecule has 0 fully saturated rings. The number of amidine groups is 1. The summed E-state index contributed by atoms with van der Waals surface area (Å²) >= 11 is 0. The molecule has 94 valence electrons. The van der Waals surface area contributed by atoms with Gasteiger partial charge in [-0.15, -0.1) is 0 Å². The van der Waals surface area contributed by atoms with E-state index in [1.807, 2.05) is 0 Å². The molecule has 1 aliphatic rings. The van der Waals surface area contributed by atoms with Crippen LogP contribution in [0.15, 0.2) is 29.4 Å². The highest BCUT2D eigenvalue weighted by Gasteiger charge is 2.25. The second-order valence-electron chi connectivity index (χ2n) is 3.81. The monoisotopic (exact) mass is 247 g/mol. The van der Waals surface area contributed by atoms with E-state index in [-0.39, 0.29) is 18.2 Å². The van der Waals surface area contributed by atoms with Crippen molar-refractivity contribution in [1.29, 1.82) is 0 Å². The highest BCUT2D eigenvalue weighted by Crippen LogP contribution is 2.22. The molecule has 0 spiro atoms. The molecule has 1 aromatic rings. The highest BCUT2D eigenvalue weighted by atomic mass is 16.5. The Balaban J connectivity index is 2.19. The van der Waals surface area contributed by atoms with Gasteiger partial charge in [-0.05, 0) is 24.3 Å². The number of anilines is 1. The van der Waals surface area contributed by atoms with E-state index >= 15 is 0 Å². The number of nitrogens with one attached hydrogen (secondary N) is 1. The molecule has 0 saturated heterocycles. The van der Waals surface area contributed by atoms with Gasteiger partial charge in [-0.3, -0.25) is 9.59 Å². The molecule has 0 radical (unpaired) electrons. The normalized spacial score (nSPS) is 14.4. The molecule has 0 atom stereocenters. The number of hydrazone groups is 1. The second-order valence-corrected chi connectivity index (χ2v) is 3.81. The number of rotatable bonds is 2. The summed E-state index contributed by atoms with van der Waals surface area (Å²) in [6.07, 6.45) is 0.103. The van der Waals surface area contributed by atoms with Gasteiger partial charge in [0, 0.05) is 6.92 Å². The minimum atomic E-state index is -0.238. The van der Waals surface area contributed by atoms with Crippen LogP contribution in [0.25, 0.3) is 0 Å². The molecule has 0 saturated carbocycles. The maximum Gasteiger partial charge on any atom is 0.255 e. The lowest BCUT2D eigenvalue weighted by atomic mass is 10.3. The van der Waals surface area contributed by atoms with Gasteiger partial charge >= 0.3 is 0 Å². The summed E-state index contributed by atoms with van der Waals surface area (Å²) in [5.41, 5.74) is 0.640. The molecule has 6 heteroatoms. The smallest absolute Gasteiger partial charge is 0.255 e. The van der Waals surface area contributed by atoms with Gasteiger partial charge < -0.3 is 10.1 Å². The third kappa shape index (κ3) is 2.48. The number of nitrogens with zero attached hydrogens (tertiary/aromatic N) is 2. The Morgan fingerprint density at radius 3 is 2.61 bits per heavy atom. The van der Waals surface area contributed by atoms with E-state index in [0.717, 1.165) is 0 Å². The molecule has 0 bridgehead atoms. The zero-order valence-electron chi connectivity index (χ0n) is 10.1. The van der Waals surface area contributed by atoms with Gasteiger partial charge in [-0.2, -0.15) is 10.1 Å². The Bertz CT molecular complexity index is 508. The van der Waals surface area contributed by atoms with Crippen LogP contribution < -0.4 is 15.1 Å². The first-order valence-corrected chi connectivity index (χ1v) is 5.42. The Labute approximate surface area is 104 Å². The molecule has 1 heterocycles. The van der Waals surface area contributed by atoms with E-state index in [1.165, 1.54) is 11.9 Å². The molecule has 1 aliphatic heterocycles. The average Bonchev–Trinajstić information content (AvgIpc) is 2.69. The maximum absolute atomic E-state index is 11.7. The first-order chi connectivity index (χ1) is 8.60. The largest absolute Gasteiger partial charge is 0.497 e. The van der Waals surface area contributed by atoms with E-state index < -0.39 is 0 Å². The summed E-state index contributed by atoms with van der Waals surface area (Å²) in [7, 11) is 1.57. The summed E-state index contributed by atoms with van der Waals surface area (Å²) in [6.45, 7) is 1.38. The van der Waals surface area contributed by atoms with E-state index in [2.05, 4.69) is 10.4 Å². The van der Waals surface area contributed by atoms with Crippen molar-refractivity contribution >= 4 is 23.3 Å². The van der Waals surface area contributed by atoms with Crippen LogP contribution in [0.2, 0.25) is 0 Å². The average molecular weight is 247 g/mol. The van der Waals surface area contributed by atoms with Crippen LogP contribution in [0.1, 0.15) is 13.3 Å². The zero-order chi connectivity index (χ0) is 13.1. The summed E-state index contributed by atoms with van der Waals surface area (Å²) in [4.78, 5) is 22.6. The van der Waals surface area contributed by atoms with Gasteiger partial charge in [0.15, 0.2) is 0 Å². The van der Waals surface area contributed by atoms with Crippen LogP contribution in [0.3, 0.4) is 0 Å². The third-order valence-corrected chi connectivity index (χ3v) is 2.41. The molecule has 1 N–H and O–H groups in total. The maximum atomic E-state index is 11.7. The Hall–Kier alpha value is -2.37. The van der Waals surface area contributed by atoms with Crippen LogP contribution in [-0.4, -0.2) is 24.8 Å².